The highest BCUT2D eigenvalue weighted by Crippen LogP contribution is 2.29. The van der Waals surface area contributed by atoms with Gasteiger partial charge in [0.05, 0.1) is 21.5 Å². The van der Waals surface area contributed by atoms with Crippen molar-refractivity contribution in [2.45, 2.75) is 13.3 Å². The first kappa shape index (κ1) is 14.6. The Morgan fingerprint density at radius 3 is 2.65 bits per heavy atom. The van der Waals surface area contributed by atoms with E-state index in [1.54, 1.807) is 19.1 Å². The van der Waals surface area contributed by atoms with Gasteiger partial charge < -0.3 is 5.32 Å². The van der Waals surface area contributed by atoms with Gasteiger partial charge in [0.15, 0.2) is 0 Å². The maximum absolute atomic E-state index is 11.3. The zero-order valence-corrected chi connectivity index (χ0v) is 11.9. The molecule has 0 atom stereocenters. The summed E-state index contributed by atoms with van der Waals surface area (Å²) in [4.78, 5) is 0. The number of nitrogens with one attached hydrogen (secondary N) is 1. The lowest BCUT2D eigenvalue weighted by Crippen LogP contribution is -2.13. The summed E-state index contributed by atoms with van der Waals surface area (Å²) in [6.45, 7) is 2.20. The fraction of sp³-hybridized carbons (Fsp3) is 0.455. The molecular weight excluding hydrogens is 281 g/mol. The number of anilines is 1. The number of rotatable bonds is 6. The van der Waals surface area contributed by atoms with Crippen LogP contribution in [-0.4, -0.2) is 26.5 Å². The monoisotopic (exact) mass is 295 g/mol. The molecule has 0 heterocycles. The van der Waals surface area contributed by atoms with Gasteiger partial charge in [0.1, 0.15) is 9.84 Å². The second-order valence-electron chi connectivity index (χ2n) is 3.62. The maximum Gasteiger partial charge on any atom is 0.150 e. The van der Waals surface area contributed by atoms with Crippen molar-refractivity contribution in [3.05, 3.63) is 28.2 Å². The quantitative estimate of drug-likeness (QED) is 0.820. The number of halogens is 2. The molecule has 6 heteroatoms. The second kappa shape index (κ2) is 6.47. The molecule has 96 valence electrons. The van der Waals surface area contributed by atoms with Gasteiger partial charge in [-0.25, -0.2) is 8.42 Å². The third-order valence-corrected chi connectivity index (χ3v) is 4.95. The second-order valence-corrected chi connectivity index (χ2v) is 6.88. The smallest absolute Gasteiger partial charge is 0.150 e. The largest absolute Gasteiger partial charge is 0.384 e. The van der Waals surface area contributed by atoms with E-state index in [9.17, 15) is 8.42 Å². The molecule has 0 unspecified atom stereocenters. The van der Waals surface area contributed by atoms with Gasteiger partial charge in [0, 0.05) is 12.3 Å². The van der Waals surface area contributed by atoms with Crippen molar-refractivity contribution in [2.24, 2.45) is 0 Å². The molecule has 0 amide bonds. The lowest BCUT2D eigenvalue weighted by molar-refractivity contribution is 0.595. The van der Waals surface area contributed by atoms with Crippen LogP contribution in [0.4, 0.5) is 5.69 Å². The first-order valence-corrected chi connectivity index (χ1v) is 7.92. The summed E-state index contributed by atoms with van der Waals surface area (Å²) >= 11 is 11.8. The third kappa shape index (κ3) is 4.74. The van der Waals surface area contributed by atoms with Crippen molar-refractivity contribution >= 4 is 38.7 Å². The van der Waals surface area contributed by atoms with Crippen LogP contribution in [0.3, 0.4) is 0 Å². The molecule has 0 saturated heterocycles. The molecule has 0 aliphatic rings. The van der Waals surface area contributed by atoms with Crippen LogP contribution in [0.1, 0.15) is 13.3 Å². The first-order valence-electron chi connectivity index (χ1n) is 5.34. The normalized spacial score (nSPS) is 11.5. The Labute approximate surface area is 112 Å². The van der Waals surface area contributed by atoms with Gasteiger partial charge in [-0.3, -0.25) is 0 Å². The van der Waals surface area contributed by atoms with Crippen molar-refractivity contribution in [2.75, 3.05) is 23.4 Å². The summed E-state index contributed by atoms with van der Waals surface area (Å²) < 4.78 is 22.5. The molecule has 1 N–H and O–H groups in total. The van der Waals surface area contributed by atoms with Gasteiger partial charge in [0.25, 0.3) is 0 Å². The standard InChI is InChI=1S/C11H15Cl2NO2S/c1-2-17(15,16)8-4-7-14-10-6-3-5-9(12)11(10)13/h3,5-6,14H,2,4,7-8H2,1H3. The predicted octanol–water partition coefficient (Wildman–Crippen LogP) is 3.23. The molecule has 1 aromatic carbocycles. The van der Waals surface area contributed by atoms with E-state index in [0.29, 0.717) is 23.0 Å². The van der Waals surface area contributed by atoms with Crippen LogP contribution in [-0.2, 0) is 9.84 Å². The van der Waals surface area contributed by atoms with Gasteiger partial charge in [-0.15, -0.1) is 0 Å². The van der Waals surface area contributed by atoms with Crippen LogP contribution < -0.4 is 5.32 Å². The van der Waals surface area contributed by atoms with Crippen LogP contribution in [0.25, 0.3) is 0 Å². The molecule has 3 nitrogen and oxygen atoms in total. The molecular formula is C11H15Cl2NO2S. The van der Waals surface area contributed by atoms with Crippen molar-refractivity contribution < 1.29 is 8.42 Å². The van der Waals surface area contributed by atoms with Gasteiger partial charge in [-0.2, -0.15) is 0 Å². The summed E-state index contributed by atoms with van der Waals surface area (Å²) in [5, 5.41) is 4.02. The van der Waals surface area contributed by atoms with Crippen LogP contribution in [0.2, 0.25) is 10.0 Å². The SMILES string of the molecule is CCS(=O)(=O)CCCNc1cccc(Cl)c1Cl. The minimum absolute atomic E-state index is 0.185. The van der Waals surface area contributed by atoms with Gasteiger partial charge in [0.2, 0.25) is 0 Å². The lowest BCUT2D eigenvalue weighted by atomic mass is 10.3. The van der Waals surface area contributed by atoms with E-state index < -0.39 is 9.84 Å². The molecule has 0 aliphatic carbocycles. The fourth-order valence-corrected chi connectivity index (χ4v) is 2.54. The molecule has 0 saturated carbocycles. The third-order valence-electron chi connectivity index (χ3n) is 2.34. The van der Waals surface area contributed by atoms with Crippen LogP contribution in [0, 0.1) is 0 Å². The van der Waals surface area contributed by atoms with Crippen molar-refractivity contribution in [1.82, 2.24) is 0 Å². The van der Waals surface area contributed by atoms with Gasteiger partial charge in [-0.1, -0.05) is 36.2 Å². The van der Waals surface area contributed by atoms with Crippen LogP contribution in [0.15, 0.2) is 18.2 Å². The van der Waals surface area contributed by atoms with E-state index in [2.05, 4.69) is 5.32 Å². The summed E-state index contributed by atoms with van der Waals surface area (Å²) in [6.07, 6.45) is 0.555. The molecule has 0 bridgehead atoms. The van der Waals surface area contributed by atoms with Crippen LogP contribution in [0.5, 0.6) is 0 Å². The Kier molecular flexibility index (Phi) is 5.56. The molecule has 0 spiro atoms. The highest BCUT2D eigenvalue weighted by Gasteiger charge is 2.07. The fourth-order valence-electron chi connectivity index (χ4n) is 1.30. The summed E-state index contributed by atoms with van der Waals surface area (Å²) in [5.41, 5.74) is 0.730. The minimum Gasteiger partial charge on any atom is -0.384 e. The van der Waals surface area contributed by atoms with E-state index in [1.807, 2.05) is 6.07 Å². The molecule has 1 rings (SSSR count). The van der Waals surface area contributed by atoms with E-state index in [4.69, 9.17) is 23.2 Å². The Balaban J connectivity index is 2.44. The molecule has 0 fully saturated rings. The van der Waals surface area contributed by atoms with E-state index in [0.717, 1.165) is 5.69 Å². The zero-order valence-electron chi connectivity index (χ0n) is 9.54. The summed E-state index contributed by atoms with van der Waals surface area (Å²) in [6, 6.07) is 5.30. The highest BCUT2D eigenvalue weighted by atomic mass is 35.5. The van der Waals surface area contributed by atoms with E-state index >= 15 is 0 Å². The van der Waals surface area contributed by atoms with Crippen molar-refractivity contribution in [3.63, 3.8) is 0 Å². The summed E-state index contributed by atoms with van der Waals surface area (Å²) in [5.74, 6) is 0.375. The Bertz CT molecular complexity index is 474. The predicted molar refractivity (Wildman–Crippen MR) is 73.9 cm³/mol. The number of sulfone groups is 1. The average molecular weight is 296 g/mol. The molecule has 17 heavy (non-hydrogen) atoms. The van der Waals surface area contributed by atoms with Gasteiger partial charge in [-0.05, 0) is 18.6 Å². The molecule has 0 aliphatic heterocycles. The van der Waals surface area contributed by atoms with Gasteiger partial charge >= 0.3 is 0 Å². The minimum atomic E-state index is -2.89. The van der Waals surface area contributed by atoms with E-state index in [-0.39, 0.29) is 11.5 Å². The lowest BCUT2D eigenvalue weighted by Gasteiger charge is -2.09. The molecule has 0 radical (unpaired) electrons. The molecule has 0 aromatic heterocycles. The summed E-state index contributed by atoms with van der Waals surface area (Å²) in [7, 11) is -2.89. The molecule has 1 aromatic rings. The number of benzene rings is 1. The van der Waals surface area contributed by atoms with Crippen LogP contribution >= 0.6 is 23.2 Å². The highest BCUT2D eigenvalue weighted by molar-refractivity contribution is 7.91. The number of hydrogen-bond acceptors (Lipinski definition) is 3. The van der Waals surface area contributed by atoms with Crippen molar-refractivity contribution in [1.29, 1.82) is 0 Å². The zero-order chi connectivity index (χ0) is 12.9. The Hall–Kier alpha value is -0.450. The number of hydrogen-bond donors (Lipinski definition) is 1. The van der Waals surface area contributed by atoms with E-state index in [1.165, 1.54) is 0 Å². The average Bonchev–Trinajstić information content (AvgIpc) is 2.30. The topological polar surface area (TPSA) is 46.2 Å². The Morgan fingerprint density at radius 2 is 2.00 bits per heavy atom. The van der Waals surface area contributed by atoms with Crippen molar-refractivity contribution in [3.8, 4) is 0 Å². The first-order chi connectivity index (χ1) is 7.96. The Morgan fingerprint density at radius 1 is 1.29 bits per heavy atom. The maximum atomic E-state index is 11.3.